The Morgan fingerprint density at radius 2 is 2.10 bits per heavy atom. The van der Waals surface area contributed by atoms with Crippen LogP contribution in [0, 0.1) is 9.39 Å². The molecule has 1 nitrogen and oxygen atoms in total. The van der Waals surface area contributed by atoms with Gasteiger partial charge in [0.05, 0.1) is 5.69 Å². The van der Waals surface area contributed by atoms with Crippen LogP contribution in [0.15, 0.2) is 17.0 Å². The first kappa shape index (κ1) is 8.13. The molecule has 1 aromatic carbocycles. The van der Waals surface area contributed by atoms with Gasteiger partial charge in [-0.1, -0.05) is 0 Å². The van der Waals surface area contributed by atoms with Crippen molar-refractivity contribution in [3.63, 3.8) is 0 Å². The molecule has 0 bridgehead atoms. The third kappa shape index (κ3) is 1.54. The van der Waals surface area contributed by atoms with E-state index in [-0.39, 0.29) is 5.69 Å². The normalized spacial score (nSPS) is 9.90. The van der Waals surface area contributed by atoms with Crippen LogP contribution in [0.4, 0.5) is 10.1 Å². The number of hydrogen-bond donors (Lipinski definition) is 2. The van der Waals surface area contributed by atoms with Crippen molar-refractivity contribution in [1.29, 1.82) is 0 Å². The van der Waals surface area contributed by atoms with E-state index in [1.54, 1.807) is 6.07 Å². The largest absolute Gasteiger partial charge is 0.395 e. The van der Waals surface area contributed by atoms with Gasteiger partial charge in [0.25, 0.3) is 0 Å². The van der Waals surface area contributed by atoms with Crippen molar-refractivity contribution in [2.24, 2.45) is 0 Å². The highest BCUT2D eigenvalue weighted by molar-refractivity contribution is 14.1. The Balaban J connectivity index is 3.31. The van der Waals surface area contributed by atoms with E-state index in [0.717, 1.165) is 0 Å². The van der Waals surface area contributed by atoms with Crippen LogP contribution in [-0.2, 0) is 0 Å². The van der Waals surface area contributed by atoms with E-state index >= 15 is 0 Å². The Morgan fingerprint density at radius 3 is 2.60 bits per heavy atom. The van der Waals surface area contributed by atoms with Crippen LogP contribution < -0.4 is 5.73 Å². The van der Waals surface area contributed by atoms with Crippen LogP contribution in [0.25, 0.3) is 0 Å². The molecule has 0 aliphatic rings. The molecule has 0 aliphatic carbocycles. The molecule has 0 spiro atoms. The molecule has 1 aromatic rings. The zero-order valence-electron chi connectivity index (χ0n) is 4.94. The number of benzene rings is 1. The Kier molecular flexibility index (Phi) is 2.40. The third-order valence-electron chi connectivity index (χ3n) is 1.06. The first-order valence-electron chi connectivity index (χ1n) is 2.54. The third-order valence-corrected chi connectivity index (χ3v) is 2.21. The van der Waals surface area contributed by atoms with Crippen molar-refractivity contribution in [3.05, 3.63) is 21.5 Å². The summed E-state index contributed by atoms with van der Waals surface area (Å²) >= 11 is 5.93. The van der Waals surface area contributed by atoms with Gasteiger partial charge in [-0.15, -0.1) is 12.6 Å². The van der Waals surface area contributed by atoms with Crippen LogP contribution in [0.1, 0.15) is 0 Å². The molecule has 4 heteroatoms. The standard InChI is InChI=1S/C6H5FINS/c7-4-1-3(10)2-5(8)6(4)9/h1-2,10H,9H2. The summed E-state index contributed by atoms with van der Waals surface area (Å²) < 4.78 is 13.4. The topological polar surface area (TPSA) is 26.0 Å². The summed E-state index contributed by atoms with van der Waals surface area (Å²) in [5, 5.41) is 0. The number of nitrogen functional groups attached to an aromatic ring is 1. The number of halogens is 2. The monoisotopic (exact) mass is 269 g/mol. The van der Waals surface area contributed by atoms with Crippen LogP contribution in [0.2, 0.25) is 0 Å². The molecular formula is C6H5FINS. The van der Waals surface area contributed by atoms with Gasteiger partial charge in [-0.25, -0.2) is 4.39 Å². The summed E-state index contributed by atoms with van der Waals surface area (Å²) in [6.45, 7) is 0. The second-order valence-corrected chi connectivity index (χ2v) is 3.50. The molecule has 0 unspecified atom stereocenters. The molecule has 0 amide bonds. The van der Waals surface area contributed by atoms with Gasteiger partial charge in [0.1, 0.15) is 5.82 Å². The van der Waals surface area contributed by atoms with Gasteiger partial charge in [0.2, 0.25) is 0 Å². The van der Waals surface area contributed by atoms with Crippen molar-refractivity contribution in [2.45, 2.75) is 4.90 Å². The van der Waals surface area contributed by atoms with E-state index in [1.807, 2.05) is 22.6 Å². The number of nitrogens with two attached hydrogens (primary N) is 1. The van der Waals surface area contributed by atoms with Crippen molar-refractivity contribution in [2.75, 3.05) is 5.73 Å². The van der Waals surface area contributed by atoms with Crippen LogP contribution in [0.5, 0.6) is 0 Å². The smallest absolute Gasteiger partial charge is 0.148 e. The molecule has 2 N–H and O–H groups in total. The summed E-state index contributed by atoms with van der Waals surface area (Å²) in [4.78, 5) is 0.594. The Morgan fingerprint density at radius 1 is 1.50 bits per heavy atom. The van der Waals surface area contributed by atoms with Crippen molar-refractivity contribution in [3.8, 4) is 0 Å². The first-order chi connectivity index (χ1) is 4.61. The molecule has 54 valence electrons. The lowest BCUT2D eigenvalue weighted by atomic mass is 10.3. The van der Waals surface area contributed by atoms with Gasteiger partial charge in [-0.2, -0.15) is 0 Å². The summed E-state index contributed by atoms with van der Waals surface area (Å²) in [6.07, 6.45) is 0. The van der Waals surface area contributed by atoms with Gasteiger partial charge >= 0.3 is 0 Å². The first-order valence-corrected chi connectivity index (χ1v) is 4.07. The lowest BCUT2D eigenvalue weighted by Crippen LogP contribution is -1.93. The highest BCUT2D eigenvalue weighted by atomic mass is 127. The average Bonchev–Trinajstić information content (AvgIpc) is 1.82. The second kappa shape index (κ2) is 2.96. The fraction of sp³-hybridized carbons (Fsp3) is 0. The van der Waals surface area contributed by atoms with Crippen molar-refractivity contribution in [1.82, 2.24) is 0 Å². The molecule has 0 atom stereocenters. The molecule has 0 aromatic heterocycles. The summed E-state index contributed by atoms with van der Waals surface area (Å²) in [6, 6.07) is 3.00. The number of hydrogen-bond acceptors (Lipinski definition) is 2. The zero-order chi connectivity index (χ0) is 7.72. The second-order valence-electron chi connectivity index (χ2n) is 1.82. The van der Waals surface area contributed by atoms with Gasteiger partial charge in [0.15, 0.2) is 0 Å². The Labute approximate surface area is 77.4 Å². The van der Waals surface area contributed by atoms with E-state index in [1.165, 1.54) is 6.07 Å². The van der Waals surface area contributed by atoms with E-state index in [4.69, 9.17) is 5.73 Å². The number of anilines is 1. The summed E-state index contributed by atoms with van der Waals surface area (Å²) in [5.41, 5.74) is 5.53. The lowest BCUT2D eigenvalue weighted by Gasteiger charge is -1.99. The quantitative estimate of drug-likeness (QED) is 0.422. The molecule has 0 saturated carbocycles. The maximum atomic E-state index is 12.7. The van der Waals surface area contributed by atoms with Crippen molar-refractivity contribution >= 4 is 40.9 Å². The van der Waals surface area contributed by atoms with Gasteiger partial charge in [-0.05, 0) is 34.7 Å². The van der Waals surface area contributed by atoms with E-state index < -0.39 is 5.82 Å². The Hall–Kier alpha value is 0.0300. The number of thiol groups is 1. The van der Waals surface area contributed by atoms with Gasteiger partial charge < -0.3 is 5.73 Å². The Bertz CT molecular complexity index is 241. The van der Waals surface area contributed by atoms with E-state index in [9.17, 15) is 4.39 Å². The van der Waals surface area contributed by atoms with Crippen LogP contribution in [-0.4, -0.2) is 0 Å². The van der Waals surface area contributed by atoms with Gasteiger partial charge in [0, 0.05) is 8.47 Å². The van der Waals surface area contributed by atoms with Crippen LogP contribution in [0.3, 0.4) is 0 Å². The molecule has 0 heterocycles. The molecule has 0 radical (unpaired) electrons. The SMILES string of the molecule is Nc1c(F)cc(S)cc1I. The molecular weight excluding hydrogens is 264 g/mol. The molecule has 0 saturated heterocycles. The van der Waals surface area contributed by atoms with E-state index in [0.29, 0.717) is 8.47 Å². The molecule has 0 aliphatic heterocycles. The predicted octanol–water partition coefficient (Wildman–Crippen LogP) is 2.30. The molecule has 10 heavy (non-hydrogen) atoms. The summed E-state index contributed by atoms with van der Waals surface area (Å²) in [7, 11) is 0. The molecule has 0 fully saturated rings. The highest BCUT2D eigenvalue weighted by Crippen LogP contribution is 2.21. The maximum Gasteiger partial charge on any atom is 0.148 e. The van der Waals surface area contributed by atoms with Crippen LogP contribution >= 0.6 is 35.2 Å². The zero-order valence-corrected chi connectivity index (χ0v) is 7.99. The van der Waals surface area contributed by atoms with Crippen molar-refractivity contribution < 1.29 is 4.39 Å². The lowest BCUT2D eigenvalue weighted by molar-refractivity contribution is 0.628. The van der Waals surface area contributed by atoms with Gasteiger partial charge in [-0.3, -0.25) is 0 Å². The minimum absolute atomic E-state index is 0.193. The predicted molar refractivity (Wildman–Crippen MR) is 50.8 cm³/mol. The van der Waals surface area contributed by atoms with E-state index in [2.05, 4.69) is 12.6 Å². The maximum absolute atomic E-state index is 12.7. The fourth-order valence-corrected chi connectivity index (χ4v) is 1.65. The number of rotatable bonds is 0. The highest BCUT2D eigenvalue weighted by Gasteiger charge is 2.02. The average molecular weight is 269 g/mol. The fourth-order valence-electron chi connectivity index (χ4n) is 0.571. The summed E-state index contributed by atoms with van der Waals surface area (Å²) in [5.74, 6) is -0.406. The minimum Gasteiger partial charge on any atom is -0.395 e. The molecule has 1 rings (SSSR count). The minimum atomic E-state index is -0.406.